The Kier molecular flexibility index (Phi) is 5.12. The van der Waals surface area contributed by atoms with Crippen LogP contribution >= 0.6 is 11.8 Å². The van der Waals surface area contributed by atoms with E-state index >= 15 is 0 Å². The van der Waals surface area contributed by atoms with E-state index in [0.717, 1.165) is 0 Å². The lowest BCUT2D eigenvalue weighted by Gasteiger charge is -2.18. The number of nitrogens with one attached hydrogen (secondary N) is 1. The van der Waals surface area contributed by atoms with Crippen LogP contribution in [0.1, 0.15) is 11.1 Å². The number of rotatable bonds is 4. The number of carboxylic acid groups (broad SMARTS) is 1. The zero-order valence-corrected chi connectivity index (χ0v) is 13.1. The highest BCUT2D eigenvalue weighted by Crippen LogP contribution is 2.39. The fraction of sp³-hybridized carbons (Fsp3) is 0.308. The topological polar surface area (TPSA) is 86.7 Å². The zero-order chi connectivity index (χ0) is 19.9. The Bertz CT molecular complexity index is 732. The average molecular weight is 402 g/mol. The van der Waals surface area contributed by atoms with Crippen molar-refractivity contribution >= 4 is 35.4 Å². The van der Waals surface area contributed by atoms with Crippen LogP contribution < -0.4 is 10.2 Å². The van der Waals surface area contributed by atoms with Crippen molar-refractivity contribution in [3.63, 3.8) is 0 Å². The maximum Gasteiger partial charge on any atom is 0.416 e. The van der Waals surface area contributed by atoms with Crippen molar-refractivity contribution in [2.45, 2.75) is 17.7 Å². The number of hydrogen-bond acceptors (Lipinski definition) is 4. The van der Waals surface area contributed by atoms with Crippen LogP contribution in [0.3, 0.4) is 0 Å². The summed E-state index contributed by atoms with van der Waals surface area (Å²) in [6.45, 7) is 0. The van der Waals surface area contributed by atoms with E-state index in [1.807, 2.05) is 5.32 Å². The average Bonchev–Trinajstić information content (AvgIpc) is 2.77. The van der Waals surface area contributed by atoms with Gasteiger partial charge in [0.1, 0.15) is 0 Å². The molecule has 0 saturated carbocycles. The summed E-state index contributed by atoms with van der Waals surface area (Å²) in [5.74, 6) is -3.11. The molecule has 26 heavy (non-hydrogen) atoms. The highest BCUT2D eigenvalue weighted by atomic mass is 32.2. The van der Waals surface area contributed by atoms with Gasteiger partial charge in [-0.25, -0.2) is 9.69 Å². The summed E-state index contributed by atoms with van der Waals surface area (Å²) in [5, 5.41) is 9.11. The smallest absolute Gasteiger partial charge is 0.416 e. The van der Waals surface area contributed by atoms with Gasteiger partial charge in [-0.1, -0.05) is 0 Å². The molecule has 0 bridgehead atoms. The van der Waals surface area contributed by atoms with Crippen molar-refractivity contribution < 1.29 is 45.8 Å². The molecule has 1 saturated heterocycles. The number of carbonyl (C=O) groups excluding carboxylic acids is 2. The summed E-state index contributed by atoms with van der Waals surface area (Å²) in [4.78, 5) is 34.6. The fourth-order valence-electron chi connectivity index (χ4n) is 2.04. The largest absolute Gasteiger partial charge is 0.481 e. The maximum absolute atomic E-state index is 12.9. The fourth-order valence-corrected chi connectivity index (χ4v) is 2.78. The molecule has 142 valence electrons. The van der Waals surface area contributed by atoms with E-state index in [1.54, 1.807) is 0 Å². The zero-order valence-electron chi connectivity index (χ0n) is 12.3. The standard InChI is InChI=1S/C13H8F6N2O4S/c14-12(15,16)5-1-6(13(17,18)19)3-7(2-5)21-10(24)9(20-11(21)25)26-4-8(22)23/h1-3,9H,4H2,(H,20,25)(H,22,23). The molecule has 1 aliphatic heterocycles. The van der Waals surface area contributed by atoms with Crippen molar-refractivity contribution in [2.24, 2.45) is 0 Å². The van der Waals surface area contributed by atoms with E-state index < -0.39 is 58.2 Å². The molecule has 1 unspecified atom stereocenters. The van der Waals surface area contributed by atoms with Crippen molar-refractivity contribution in [2.75, 3.05) is 10.7 Å². The van der Waals surface area contributed by atoms with E-state index in [2.05, 4.69) is 0 Å². The third kappa shape index (κ3) is 4.20. The van der Waals surface area contributed by atoms with Crippen LogP contribution in [0.5, 0.6) is 0 Å². The minimum absolute atomic E-state index is 0.115. The van der Waals surface area contributed by atoms with Gasteiger partial charge >= 0.3 is 24.4 Å². The van der Waals surface area contributed by atoms with Crippen LogP contribution in [0.2, 0.25) is 0 Å². The van der Waals surface area contributed by atoms with E-state index in [4.69, 9.17) is 5.11 Å². The van der Waals surface area contributed by atoms with Crippen LogP contribution in [0.4, 0.5) is 36.8 Å². The predicted octanol–water partition coefficient (Wildman–Crippen LogP) is 2.92. The lowest BCUT2D eigenvalue weighted by molar-refractivity contribution is -0.143. The second-order valence-corrected chi connectivity index (χ2v) is 6.07. The SMILES string of the molecule is O=C(O)CSC1NC(=O)N(c2cc(C(F)(F)F)cc(C(F)(F)F)c2)C1=O. The first-order valence-corrected chi connectivity index (χ1v) is 7.63. The van der Waals surface area contributed by atoms with E-state index in [0.29, 0.717) is 11.8 Å². The number of thioether (sulfide) groups is 1. The van der Waals surface area contributed by atoms with E-state index in [-0.39, 0.29) is 23.1 Å². The van der Waals surface area contributed by atoms with Gasteiger partial charge in [0.2, 0.25) is 0 Å². The first-order valence-electron chi connectivity index (χ1n) is 6.58. The third-order valence-electron chi connectivity index (χ3n) is 3.11. The lowest BCUT2D eigenvalue weighted by Crippen LogP contribution is -2.31. The molecule has 0 aromatic heterocycles. The van der Waals surface area contributed by atoms with Crippen LogP contribution in [-0.4, -0.2) is 34.1 Å². The van der Waals surface area contributed by atoms with Crippen molar-refractivity contribution in [3.05, 3.63) is 29.3 Å². The van der Waals surface area contributed by atoms with E-state index in [9.17, 15) is 40.7 Å². The van der Waals surface area contributed by atoms with Crippen molar-refractivity contribution in [1.82, 2.24) is 5.32 Å². The van der Waals surface area contributed by atoms with Gasteiger partial charge in [-0.15, -0.1) is 11.8 Å². The molecule has 2 rings (SSSR count). The quantitative estimate of drug-likeness (QED) is 0.598. The third-order valence-corrected chi connectivity index (χ3v) is 4.17. The van der Waals surface area contributed by atoms with Crippen LogP contribution in [0.15, 0.2) is 18.2 Å². The normalized spacial score (nSPS) is 18.2. The number of amides is 3. The maximum atomic E-state index is 12.9. The minimum atomic E-state index is -5.15. The Morgan fingerprint density at radius 3 is 2.00 bits per heavy atom. The molecule has 0 aliphatic carbocycles. The molecule has 1 aliphatic rings. The number of alkyl halides is 6. The molecular weight excluding hydrogens is 394 g/mol. The summed E-state index contributed by atoms with van der Waals surface area (Å²) in [6.07, 6.45) is -10.3. The highest BCUT2D eigenvalue weighted by Gasteiger charge is 2.43. The number of benzene rings is 1. The monoisotopic (exact) mass is 402 g/mol. The number of nitrogens with zero attached hydrogens (tertiary/aromatic N) is 1. The van der Waals surface area contributed by atoms with Gasteiger partial charge in [0.15, 0.2) is 5.37 Å². The molecule has 1 aromatic carbocycles. The Balaban J connectivity index is 2.45. The van der Waals surface area contributed by atoms with Gasteiger partial charge in [-0.2, -0.15) is 26.3 Å². The Morgan fingerprint density at radius 2 is 1.58 bits per heavy atom. The van der Waals surface area contributed by atoms with Crippen LogP contribution in [0, 0.1) is 0 Å². The summed E-state index contributed by atoms with van der Waals surface area (Å²) >= 11 is 0.455. The van der Waals surface area contributed by atoms with Gasteiger partial charge < -0.3 is 10.4 Å². The summed E-state index contributed by atoms with van der Waals surface area (Å²) in [6, 6.07) is -0.933. The van der Waals surface area contributed by atoms with Gasteiger partial charge in [0, 0.05) is 0 Å². The lowest BCUT2D eigenvalue weighted by atomic mass is 10.1. The first kappa shape index (κ1) is 19.9. The van der Waals surface area contributed by atoms with Crippen molar-refractivity contribution in [1.29, 1.82) is 0 Å². The number of carboxylic acids is 1. The van der Waals surface area contributed by atoms with Crippen LogP contribution in [-0.2, 0) is 21.9 Å². The second-order valence-electron chi connectivity index (χ2n) is 4.97. The van der Waals surface area contributed by atoms with Crippen molar-refractivity contribution in [3.8, 4) is 0 Å². The van der Waals surface area contributed by atoms with Gasteiger partial charge in [0.25, 0.3) is 5.91 Å². The molecule has 2 N–H and O–H groups in total. The van der Waals surface area contributed by atoms with Gasteiger partial charge in [-0.05, 0) is 18.2 Å². The number of halogens is 6. The number of aliphatic carboxylic acids is 1. The Morgan fingerprint density at radius 1 is 1.08 bits per heavy atom. The molecule has 6 nitrogen and oxygen atoms in total. The number of imide groups is 1. The Hall–Kier alpha value is -2.44. The summed E-state index contributed by atoms with van der Waals surface area (Å²) in [7, 11) is 0. The molecule has 1 atom stereocenters. The minimum Gasteiger partial charge on any atom is -0.481 e. The van der Waals surface area contributed by atoms with Gasteiger partial charge in [-0.3, -0.25) is 9.59 Å². The number of urea groups is 1. The molecule has 13 heteroatoms. The molecule has 1 fully saturated rings. The Labute approximate surface area is 145 Å². The number of anilines is 1. The molecule has 1 heterocycles. The first-order chi connectivity index (χ1) is 11.8. The number of carbonyl (C=O) groups is 3. The molecule has 3 amide bonds. The van der Waals surface area contributed by atoms with Crippen LogP contribution in [0.25, 0.3) is 0 Å². The highest BCUT2D eigenvalue weighted by molar-refractivity contribution is 8.01. The van der Waals surface area contributed by atoms with E-state index in [1.165, 1.54) is 0 Å². The molecular formula is C13H8F6N2O4S. The summed E-state index contributed by atoms with van der Waals surface area (Å²) < 4.78 is 77.2. The molecule has 0 spiro atoms. The molecule has 1 aromatic rings. The molecule has 0 radical (unpaired) electrons. The van der Waals surface area contributed by atoms with Gasteiger partial charge in [0.05, 0.1) is 22.6 Å². The predicted molar refractivity (Wildman–Crippen MR) is 76.3 cm³/mol. The second kappa shape index (κ2) is 6.70. The summed E-state index contributed by atoms with van der Waals surface area (Å²) in [5.41, 5.74) is -4.30. The number of hydrogen-bond donors (Lipinski definition) is 2.